The number of hydrogen-bond donors (Lipinski definition) is 3. The first kappa shape index (κ1) is 19.6. The van der Waals surface area contributed by atoms with Crippen LogP contribution in [0.3, 0.4) is 0 Å². The third kappa shape index (κ3) is 5.17. The maximum atomic E-state index is 12.9. The van der Waals surface area contributed by atoms with Gasteiger partial charge in [-0.25, -0.2) is 4.39 Å². The lowest BCUT2D eigenvalue weighted by molar-refractivity contribution is 0.628. The minimum Gasteiger partial charge on any atom is -0.385 e. The van der Waals surface area contributed by atoms with Crippen molar-refractivity contribution >= 4 is 29.2 Å². The maximum Gasteiger partial charge on any atom is 0.273 e. The zero-order valence-corrected chi connectivity index (χ0v) is 15.9. The molecule has 6 nitrogen and oxygen atoms in total. The first-order valence-electron chi connectivity index (χ1n) is 8.65. The molecule has 3 rings (SSSR count). The number of aromatic amines is 2. The van der Waals surface area contributed by atoms with Gasteiger partial charge in [0.1, 0.15) is 5.82 Å². The predicted octanol–water partition coefficient (Wildman–Crippen LogP) is 3.99. The van der Waals surface area contributed by atoms with Crippen molar-refractivity contribution in [3.05, 3.63) is 86.5 Å². The van der Waals surface area contributed by atoms with Crippen LogP contribution < -0.4 is 10.9 Å². The highest BCUT2D eigenvalue weighted by Gasteiger charge is 2.12. The van der Waals surface area contributed by atoms with E-state index in [9.17, 15) is 9.18 Å². The van der Waals surface area contributed by atoms with Crippen LogP contribution in [0, 0.1) is 5.82 Å². The molecule has 0 saturated carbocycles. The summed E-state index contributed by atoms with van der Waals surface area (Å²) in [7, 11) is 0. The Kier molecular flexibility index (Phi) is 6.39. The fourth-order valence-electron chi connectivity index (χ4n) is 2.64. The molecule has 0 aliphatic heterocycles. The van der Waals surface area contributed by atoms with E-state index in [1.807, 2.05) is 24.3 Å². The number of nitrogens with one attached hydrogen (secondary N) is 3. The maximum absolute atomic E-state index is 12.9. The molecule has 0 aliphatic rings. The van der Waals surface area contributed by atoms with Gasteiger partial charge in [0, 0.05) is 29.4 Å². The summed E-state index contributed by atoms with van der Waals surface area (Å²) in [6, 6.07) is 13.3. The Hall–Kier alpha value is -3.19. The summed E-state index contributed by atoms with van der Waals surface area (Å²) in [5, 5.41) is 17.5. The van der Waals surface area contributed by atoms with Crippen LogP contribution in [-0.2, 0) is 6.42 Å². The number of H-pyrrole nitrogens is 2. The number of rotatable bonds is 7. The fourth-order valence-corrected chi connectivity index (χ4v) is 2.77. The van der Waals surface area contributed by atoms with Crippen LogP contribution in [0.4, 0.5) is 10.1 Å². The zero-order chi connectivity index (χ0) is 19.9. The molecule has 0 unspecified atom stereocenters. The molecular weight excluding hydrogens is 381 g/mol. The summed E-state index contributed by atoms with van der Waals surface area (Å²) in [6.07, 6.45) is 2.09. The van der Waals surface area contributed by atoms with Gasteiger partial charge in [0.25, 0.3) is 5.56 Å². The van der Waals surface area contributed by atoms with E-state index in [-0.39, 0.29) is 11.4 Å². The summed E-state index contributed by atoms with van der Waals surface area (Å²) in [5.74, 6) is -0.312. The lowest BCUT2D eigenvalue weighted by Gasteiger charge is -2.06. The molecule has 3 N–H and O–H groups in total. The van der Waals surface area contributed by atoms with Crippen molar-refractivity contribution in [1.29, 1.82) is 0 Å². The van der Waals surface area contributed by atoms with Crippen molar-refractivity contribution in [3.63, 3.8) is 0 Å². The van der Waals surface area contributed by atoms with Gasteiger partial charge in [-0.1, -0.05) is 23.7 Å². The van der Waals surface area contributed by atoms with Crippen LogP contribution >= 0.6 is 11.6 Å². The van der Waals surface area contributed by atoms with Crippen LogP contribution in [0.2, 0.25) is 5.02 Å². The van der Waals surface area contributed by atoms with Crippen LogP contribution in [0.5, 0.6) is 0 Å². The number of hydrogen-bond acceptors (Lipinski definition) is 4. The molecule has 0 atom stereocenters. The van der Waals surface area contributed by atoms with Crippen LogP contribution in [0.15, 0.2) is 63.5 Å². The molecule has 3 aromatic rings. The van der Waals surface area contributed by atoms with Crippen molar-refractivity contribution in [3.8, 4) is 0 Å². The Bertz CT molecular complexity index is 1040. The molecule has 0 aliphatic carbocycles. The Balaban J connectivity index is 1.66. The second-order valence-electron chi connectivity index (χ2n) is 6.10. The molecular formula is C20H19ClFN5O. The molecule has 144 valence electrons. The van der Waals surface area contributed by atoms with Gasteiger partial charge in [-0.15, -0.1) is 0 Å². The van der Waals surface area contributed by atoms with Gasteiger partial charge >= 0.3 is 0 Å². The second-order valence-corrected chi connectivity index (χ2v) is 6.53. The Morgan fingerprint density at radius 1 is 1.14 bits per heavy atom. The molecule has 0 radical (unpaired) electrons. The summed E-state index contributed by atoms with van der Waals surface area (Å²) >= 11 is 5.87. The summed E-state index contributed by atoms with van der Waals surface area (Å²) < 4.78 is 12.9. The molecule has 1 aromatic heterocycles. The molecule has 0 bridgehead atoms. The van der Waals surface area contributed by atoms with Crippen molar-refractivity contribution in [2.75, 3.05) is 11.9 Å². The van der Waals surface area contributed by atoms with Crippen molar-refractivity contribution in [2.24, 2.45) is 10.2 Å². The van der Waals surface area contributed by atoms with Crippen LogP contribution in [0.1, 0.15) is 23.7 Å². The minimum absolute atomic E-state index is 0.250. The summed E-state index contributed by atoms with van der Waals surface area (Å²) in [4.78, 5) is 12.1. The molecule has 0 fully saturated rings. The van der Waals surface area contributed by atoms with E-state index >= 15 is 0 Å². The number of anilines is 1. The van der Waals surface area contributed by atoms with Gasteiger partial charge in [0.15, 0.2) is 0 Å². The summed E-state index contributed by atoms with van der Waals surface area (Å²) in [6.45, 7) is 2.34. The minimum atomic E-state index is -0.312. The normalized spacial score (nSPS) is 11.9. The van der Waals surface area contributed by atoms with E-state index in [4.69, 9.17) is 11.6 Å². The summed E-state index contributed by atoms with van der Waals surface area (Å²) in [5.41, 5.74) is 3.10. The lowest BCUT2D eigenvalue weighted by atomic mass is 10.1. The third-order valence-electron chi connectivity index (χ3n) is 4.05. The zero-order valence-electron chi connectivity index (χ0n) is 15.2. The van der Waals surface area contributed by atoms with Crippen molar-refractivity contribution < 1.29 is 4.39 Å². The van der Waals surface area contributed by atoms with Gasteiger partial charge < -0.3 is 10.4 Å². The van der Waals surface area contributed by atoms with E-state index in [2.05, 4.69) is 25.7 Å². The predicted molar refractivity (Wildman–Crippen MR) is 111 cm³/mol. The monoisotopic (exact) mass is 399 g/mol. The van der Waals surface area contributed by atoms with Crippen LogP contribution in [0.25, 0.3) is 0 Å². The number of halogens is 2. The van der Waals surface area contributed by atoms with Crippen LogP contribution in [-0.4, -0.2) is 28.7 Å². The van der Waals surface area contributed by atoms with Crippen molar-refractivity contribution in [1.82, 2.24) is 10.2 Å². The fraction of sp³-hybridized carbons (Fsp3) is 0.150. The van der Waals surface area contributed by atoms with Gasteiger partial charge in [0.05, 0.1) is 17.5 Å². The highest BCUT2D eigenvalue weighted by atomic mass is 35.5. The Morgan fingerprint density at radius 2 is 1.86 bits per heavy atom. The standard InChI is InChI=1S/C20H19ClFN5O/c1-13(25-24-12-14-2-6-16(22)7-3-14)19-18(26-27-20(19)28)10-11-23-17-8-4-15(21)5-9-17/h2-9,12,23H,10-11H2,1H3,(H2,26,27,28). The van der Waals surface area contributed by atoms with Gasteiger partial charge in [-0.2, -0.15) is 10.2 Å². The highest BCUT2D eigenvalue weighted by molar-refractivity contribution is 6.30. The average molecular weight is 400 g/mol. The third-order valence-corrected chi connectivity index (χ3v) is 4.30. The Labute approximate surface area is 166 Å². The first-order valence-corrected chi connectivity index (χ1v) is 9.03. The first-order chi connectivity index (χ1) is 13.5. The Morgan fingerprint density at radius 3 is 2.57 bits per heavy atom. The van der Waals surface area contributed by atoms with E-state index in [1.165, 1.54) is 18.3 Å². The lowest BCUT2D eigenvalue weighted by Crippen LogP contribution is -2.14. The largest absolute Gasteiger partial charge is 0.385 e. The quantitative estimate of drug-likeness (QED) is 0.414. The SMILES string of the molecule is CC(=NN=Cc1ccc(F)cc1)c1c(CCNc2ccc(Cl)cc2)[nH][nH]c1=O. The molecule has 2 aromatic carbocycles. The van der Waals surface area contributed by atoms with Gasteiger partial charge in [-0.3, -0.25) is 9.89 Å². The van der Waals surface area contributed by atoms with E-state index in [1.54, 1.807) is 19.1 Å². The molecule has 1 heterocycles. The van der Waals surface area contributed by atoms with Crippen molar-refractivity contribution in [2.45, 2.75) is 13.3 Å². The molecule has 8 heteroatoms. The average Bonchev–Trinajstić information content (AvgIpc) is 3.05. The number of aromatic nitrogens is 2. The van der Waals surface area contributed by atoms with E-state index in [0.29, 0.717) is 34.8 Å². The molecule has 28 heavy (non-hydrogen) atoms. The van der Waals surface area contributed by atoms with Gasteiger partial charge in [-0.05, 0) is 48.9 Å². The smallest absolute Gasteiger partial charge is 0.273 e. The molecule has 0 amide bonds. The number of benzene rings is 2. The molecule has 0 spiro atoms. The highest BCUT2D eigenvalue weighted by Crippen LogP contribution is 2.13. The molecule has 0 saturated heterocycles. The van der Waals surface area contributed by atoms with E-state index in [0.717, 1.165) is 11.4 Å². The van der Waals surface area contributed by atoms with E-state index < -0.39 is 0 Å². The second kappa shape index (κ2) is 9.14. The van der Waals surface area contributed by atoms with Gasteiger partial charge in [0.2, 0.25) is 0 Å². The topological polar surface area (TPSA) is 85.4 Å². The number of nitrogens with zero attached hydrogens (tertiary/aromatic N) is 2.